The molecular formula is C21H27N3O2. The smallest absolute Gasteiger partial charge is 0.102 e. The Morgan fingerprint density at radius 3 is 2.73 bits per heavy atom. The molecule has 0 saturated carbocycles. The Morgan fingerprint density at radius 2 is 2.04 bits per heavy atom. The second kappa shape index (κ2) is 7.99. The van der Waals surface area contributed by atoms with E-state index < -0.39 is 6.10 Å². The van der Waals surface area contributed by atoms with Crippen molar-refractivity contribution in [2.45, 2.75) is 31.5 Å². The number of benzene rings is 2. The van der Waals surface area contributed by atoms with Crippen LogP contribution in [0.1, 0.15) is 35.7 Å². The van der Waals surface area contributed by atoms with Gasteiger partial charge in [0.05, 0.1) is 30.5 Å². The maximum atomic E-state index is 9.96. The molecule has 0 fully saturated rings. The number of nitrogens with zero attached hydrogens (tertiary/aromatic N) is 2. The van der Waals surface area contributed by atoms with Crippen LogP contribution in [0.4, 0.5) is 5.69 Å². The molecule has 3 atom stereocenters. The molecule has 1 aliphatic rings. The summed E-state index contributed by atoms with van der Waals surface area (Å²) in [5.41, 5.74) is 10.2. The van der Waals surface area contributed by atoms with E-state index >= 15 is 0 Å². The molecule has 3 rings (SSSR count). The zero-order chi connectivity index (χ0) is 18.7. The number of aliphatic hydroxyl groups excluding tert-OH is 1. The topological polar surface area (TPSA) is 71.1 Å². The predicted molar refractivity (Wildman–Crippen MR) is 105 cm³/mol. The van der Waals surface area contributed by atoms with Crippen LogP contribution < -0.4 is 5.73 Å². The van der Waals surface area contributed by atoms with Crippen molar-refractivity contribution in [2.24, 2.45) is 10.7 Å². The summed E-state index contributed by atoms with van der Waals surface area (Å²) >= 11 is 0. The van der Waals surface area contributed by atoms with Crippen LogP contribution in [0.25, 0.3) is 0 Å². The Balaban J connectivity index is 1.84. The maximum Gasteiger partial charge on any atom is 0.102 e. The van der Waals surface area contributed by atoms with Gasteiger partial charge in [0, 0.05) is 20.6 Å². The minimum atomic E-state index is -0.503. The van der Waals surface area contributed by atoms with E-state index in [0.717, 1.165) is 22.6 Å². The van der Waals surface area contributed by atoms with Crippen molar-refractivity contribution in [1.82, 2.24) is 4.90 Å². The standard InChI is InChI=1S/C21H27N3O2/c1-14(24(2)19(13-26-3)15-7-5-4-6-8-15)23-17-10-9-16-11-20(25)21(22)18(16)12-17/h4-10,12,19-21,25H,11,13,22H2,1-3H3/t19?,20-,21-/m1/s1. The molecule has 0 heterocycles. The summed E-state index contributed by atoms with van der Waals surface area (Å²) < 4.78 is 5.43. The van der Waals surface area contributed by atoms with Gasteiger partial charge in [-0.1, -0.05) is 36.4 Å². The van der Waals surface area contributed by atoms with Crippen LogP contribution >= 0.6 is 0 Å². The Bertz CT molecular complexity index is 776. The van der Waals surface area contributed by atoms with Crippen molar-refractivity contribution in [3.63, 3.8) is 0 Å². The molecule has 0 saturated heterocycles. The molecule has 1 aliphatic carbocycles. The van der Waals surface area contributed by atoms with Crippen LogP contribution in [0.5, 0.6) is 0 Å². The van der Waals surface area contributed by atoms with Gasteiger partial charge >= 0.3 is 0 Å². The third kappa shape index (κ3) is 3.80. The molecule has 0 aliphatic heterocycles. The van der Waals surface area contributed by atoms with E-state index in [2.05, 4.69) is 17.0 Å². The molecule has 5 heteroatoms. The first-order valence-corrected chi connectivity index (χ1v) is 8.89. The summed E-state index contributed by atoms with van der Waals surface area (Å²) in [6.07, 6.45) is 0.112. The van der Waals surface area contributed by atoms with E-state index in [9.17, 15) is 5.11 Å². The molecule has 0 aromatic heterocycles. The summed E-state index contributed by atoms with van der Waals surface area (Å²) in [6.45, 7) is 2.57. The number of nitrogens with two attached hydrogens (primary N) is 1. The maximum absolute atomic E-state index is 9.96. The lowest BCUT2D eigenvalue weighted by Gasteiger charge is -2.29. The van der Waals surface area contributed by atoms with Crippen LogP contribution in [0.3, 0.4) is 0 Å². The highest BCUT2D eigenvalue weighted by atomic mass is 16.5. The summed E-state index contributed by atoms with van der Waals surface area (Å²) in [7, 11) is 3.74. The van der Waals surface area contributed by atoms with Gasteiger partial charge in [-0.05, 0) is 35.7 Å². The zero-order valence-corrected chi connectivity index (χ0v) is 15.6. The van der Waals surface area contributed by atoms with E-state index in [1.54, 1.807) is 7.11 Å². The Morgan fingerprint density at radius 1 is 1.31 bits per heavy atom. The molecule has 1 unspecified atom stereocenters. The number of aliphatic imine (C=N–C) groups is 1. The Labute approximate surface area is 155 Å². The summed E-state index contributed by atoms with van der Waals surface area (Å²) in [4.78, 5) is 6.90. The van der Waals surface area contributed by atoms with Gasteiger partial charge in [-0.2, -0.15) is 0 Å². The lowest BCUT2D eigenvalue weighted by atomic mass is 10.1. The first-order chi connectivity index (χ1) is 12.5. The zero-order valence-electron chi connectivity index (χ0n) is 15.6. The van der Waals surface area contributed by atoms with Gasteiger partial charge in [-0.15, -0.1) is 0 Å². The number of amidine groups is 1. The highest BCUT2D eigenvalue weighted by Crippen LogP contribution is 2.33. The highest BCUT2D eigenvalue weighted by Gasteiger charge is 2.28. The first-order valence-electron chi connectivity index (χ1n) is 8.89. The Hall–Kier alpha value is -2.21. The van der Waals surface area contributed by atoms with Crippen molar-refractivity contribution in [2.75, 3.05) is 20.8 Å². The van der Waals surface area contributed by atoms with E-state index in [1.807, 2.05) is 50.4 Å². The second-order valence-corrected chi connectivity index (χ2v) is 6.83. The molecule has 0 amide bonds. The number of methoxy groups -OCH3 is 1. The summed E-state index contributed by atoms with van der Waals surface area (Å²) in [6, 6.07) is 16.0. The average molecular weight is 353 g/mol. The van der Waals surface area contributed by atoms with Crippen molar-refractivity contribution >= 4 is 11.5 Å². The number of fused-ring (bicyclic) bond motifs is 1. The van der Waals surface area contributed by atoms with Gasteiger partial charge in [-0.3, -0.25) is 0 Å². The fourth-order valence-corrected chi connectivity index (χ4v) is 3.46. The molecule has 5 nitrogen and oxygen atoms in total. The second-order valence-electron chi connectivity index (χ2n) is 6.83. The lowest BCUT2D eigenvalue weighted by molar-refractivity contribution is 0.138. The number of hydrogen-bond donors (Lipinski definition) is 2. The van der Waals surface area contributed by atoms with E-state index in [-0.39, 0.29) is 12.1 Å². The minimum absolute atomic E-state index is 0.0865. The summed E-state index contributed by atoms with van der Waals surface area (Å²) in [5, 5.41) is 9.96. The van der Waals surface area contributed by atoms with E-state index in [4.69, 9.17) is 15.5 Å². The molecule has 0 radical (unpaired) electrons. The predicted octanol–water partition coefficient (Wildman–Crippen LogP) is 2.97. The monoisotopic (exact) mass is 353 g/mol. The number of likely N-dealkylation sites (N-methyl/N-ethyl adjacent to an activating group) is 1. The van der Waals surface area contributed by atoms with Gasteiger partial charge in [0.1, 0.15) is 5.84 Å². The van der Waals surface area contributed by atoms with Crippen molar-refractivity contribution < 1.29 is 9.84 Å². The van der Waals surface area contributed by atoms with Gasteiger partial charge in [0.15, 0.2) is 0 Å². The molecule has 2 aromatic carbocycles. The number of rotatable bonds is 5. The number of ether oxygens (including phenoxy) is 1. The Kier molecular flexibility index (Phi) is 5.71. The van der Waals surface area contributed by atoms with E-state index in [1.165, 1.54) is 5.56 Å². The fourth-order valence-electron chi connectivity index (χ4n) is 3.46. The molecular weight excluding hydrogens is 326 g/mol. The van der Waals surface area contributed by atoms with Crippen LogP contribution in [0.15, 0.2) is 53.5 Å². The molecule has 0 bridgehead atoms. The quantitative estimate of drug-likeness (QED) is 0.640. The van der Waals surface area contributed by atoms with Crippen molar-refractivity contribution in [3.8, 4) is 0 Å². The number of aliphatic hydroxyl groups is 1. The van der Waals surface area contributed by atoms with E-state index in [0.29, 0.717) is 13.0 Å². The molecule has 0 spiro atoms. The largest absolute Gasteiger partial charge is 0.391 e. The average Bonchev–Trinajstić information content (AvgIpc) is 2.94. The van der Waals surface area contributed by atoms with Crippen LogP contribution in [-0.4, -0.2) is 42.7 Å². The lowest BCUT2D eigenvalue weighted by Crippen LogP contribution is -2.32. The molecule has 138 valence electrons. The van der Waals surface area contributed by atoms with Gasteiger partial charge in [0.25, 0.3) is 0 Å². The number of hydrogen-bond acceptors (Lipinski definition) is 4. The SMILES string of the molecule is COCC(c1ccccc1)N(C)C(C)=Nc1ccc2c(c1)[C@@H](N)[C@H](O)C2. The van der Waals surface area contributed by atoms with Crippen LogP contribution in [0, 0.1) is 0 Å². The molecule has 2 aromatic rings. The normalized spacial score (nSPS) is 20.7. The van der Waals surface area contributed by atoms with Crippen molar-refractivity contribution in [1.29, 1.82) is 0 Å². The highest BCUT2D eigenvalue weighted by molar-refractivity contribution is 5.83. The summed E-state index contributed by atoms with van der Waals surface area (Å²) in [5.74, 6) is 0.892. The van der Waals surface area contributed by atoms with Gasteiger partial charge in [0.2, 0.25) is 0 Å². The van der Waals surface area contributed by atoms with Gasteiger partial charge < -0.3 is 20.5 Å². The molecule has 26 heavy (non-hydrogen) atoms. The third-order valence-corrected chi connectivity index (χ3v) is 5.11. The third-order valence-electron chi connectivity index (χ3n) is 5.11. The van der Waals surface area contributed by atoms with Gasteiger partial charge in [-0.25, -0.2) is 4.99 Å². The fraction of sp³-hybridized carbons (Fsp3) is 0.381. The first kappa shape index (κ1) is 18.6. The van der Waals surface area contributed by atoms with Crippen molar-refractivity contribution in [3.05, 3.63) is 65.2 Å². The van der Waals surface area contributed by atoms with Crippen LogP contribution in [-0.2, 0) is 11.2 Å². The van der Waals surface area contributed by atoms with Crippen LogP contribution in [0.2, 0.25) is 0 Å². The minimum Gasteiger partial charge on any atom is -0.391 e. The molecule has 3 N–H and O–H groups in total.